The molecule has 3 aliphatic carbocycles. The summed E-state index contributed by atoms with van der Waals surface area (Å²) in [7, 11) is 0. The van der Waals surface area contributed by atoms with Gasteiger partial charge >= 0.3 is 0 Å². The van der Waals surface area contributed by atoms with Gasteiger partial charge in [0.1, 0.15) is 0 Å². The average Bonchev–Trinajstić information content (AvgIpc) is 3.64. The summed E-state index contributed by atoms with van der Waals surface area (Å²) in [6.07, 6.45) is 14.8. The van der Waals surface area contributed by atoms with E-state index in [1.807, 2.05) is 0 Å². The average molecular weight is 786 g/mol. The molecule has 0 amide bonds. The molecule has 1 atom stereocenters. The summed E-state index contributed by atoms with van der Waals surface area (Å²) in [6.45, 7) is 2.41. The number of hydrogen-bond donors (Lipinski definition) is 0. The summed E-state index contributed by atoms with van der Waals surface area (Å²) in [5.74, 6) is 0.608. The van der Waals surface area contributed by atoms with E-state index in [-0.39, 0.29) is 5.41 Å². The van der Waals surface area contributed by atoms with Gasteiger partial charge in [-0.1, -0.05) is 214 Å². The van der Waals surface area contributed by atoms with E-state index in [9.17, 15) is 0 Å². The molecule has 8 aromatic carbocycles. The minimum absolute atomic E-state index is 0.209. The first-order chi connectivity index (χ1) is 30.1. The highest BCUT2D eigenvalue weighted by Crippen LogP contribution is 2.57. The van der Waals surface area contributed by atoms with Crippen molar-refractivity contribution in [2.75, 3.05) is 4.90 Å². The molecule has 1 nitrogen and oxygen atoms in total. The molecule has 0 saturated heterocycles. The van der Waals surface area contributed by atoms with E-state index in [0.29, 0.717) is 5.92 Å². The van der Waals surface area contributed by atoms with Gasteiger partial charge in [0.25, 0.3) is 0 Å². The van der Waals surface area contributed by atoms with Crippen LogP contribution in [0.15, 0.2) is 218 Å². The topological polar surface area (TPSA) is 3.24 Å². The van der Waals surface area contributed by atoms with Crippen LogP contribution in [-0.4, -0.2) is 0 Å². The first-order valence-corrected chi connectivity index (χ1v) is 22.3. The lowest BCUT2D eigenvalue weighted by Gasteiger charge is -2.36. The molecule has 61 heavy (non-hydrogen) atoms. The summed E-state index contributed by atoms with van der Waals surface area (Å²) in [5, 5.41) is 2.74. The summed E-state index contributed by atoms with van der Waals surface area (Å²) in [6, 6.07) is 72.5. The van der Waals surface area contributed by atoms with Crippen molar-refractivity contribution in [2.24, 2.45) is 0 Å². The molecule has 0 aromatic heterocycles. The van der Waals surface area contributed by atoms with Gasteiger partial charge in [0.05, 0.1) is 11.1 Å². The Morgan fingerprint density at radius 3 is 1.80 bits per heavy atom. The third-order valence-electron chi connectivity index (χ3n) is 14.2. The number of rotatable bonds is 8. The number of fused-ring (bicyclic) bond motifs is 4. The molecule has 0 aliphatic heterocycles. The maximum absolute atomic E-state index is 2.53. The summed E-state index contributed by atoms with van der Waals surface area (Å²) in [4.78, 5) is 2.49. The van der Waals surface area contributed by atoms with Gasteiger partial charge in [-0.3, -0.25) is 0 Å². The van der Waals surface area contributed by atoms with Gasteiger partial charge < -0.3 is 4.90 Å². The maximum Gasteiger partial charge on any atom is 0.0713 e. The van der Waals surface area contributed by atoms with Gasteiger partial charge in [0.15, 0.2) is 0 Å². The molecule has 296 valence electrons. The second-order valence-corrected chi connectivity index (χ2v) is 17.6. The van der Waals surface area contributed by atoms with Crippen LogP contribution in [0.25, 0.3) is 33.0 Å². The van der Waals surface area contributed by atoms with Crippen molar-refractivity contribution in [1.29, 1.82) is 0 Å². The van der Waals surface area contributed by atoms with Crippen molar-refractivity contribution in [2.45, 2.75) is 62.2 Å². The lowest BCUT2D eigenvalue weighted by molar-refractivity contribution is 0.445. The Morgan fingerprint density at radius 2 is 1.10 bits per heavy atom. The minimum Gasteiger partial charge on any atom is -0.310 e. The van der Waals surface area contributed by atoms with E-state index < -0.39 is 5.41 Å². The van der Waals surface area contributed by atoms with E-state index in [2.05, 4.69) is 224 Å². The van der Waals surface area contributed by atoms with Crippen LogP contribution >= 0.6 is 0 Å². The maximum atomic E-state index is 2.53. The van der Waals surface area contributed by atoms with Crippen LogP contribution in [0.5, 0.6) is 0 Å². The molecule has 0 heterocycles. The Labute approximate surface area is 361 Å². The van der Waals surface area contributed by atoms with Crippen molar-refractivity contribution >= 4 is 22.1 Å². The van der Waals surface area contributed by atoms with E-state index >= 15 is 0 Å². The summed E-state index contributed by atoms with van der Waals surface area (Å²) >= 11 is 0. The van der Waals surface area contributed by atoms with E-state index in [1.54, 1.807) is 0 Å². The van der Waals surface area contributed by atoms with Crippen LogP contribution in [0.2, 0.25) is 0 Å². The highest BCUT2D eigenvalue weighted by atomic mass is 15.1. The third kappa shape index (κ3) is 6.21. The molecule has 0 bridgehead atoms. The van der Waals surface area contributed by atoms with Crippen molar-refractivity contribution in [3.63, 3.8) is 0 Å². The van der Waals surface area contributed by atoms with Crippen LogP contribution in [0, 0.1) is 0 Å². The largest absolute Gasteiger partial charge is 0.310 e. The van der Waals surface area contributed by atoms with Crippen LogP contribution in [0.3, 0.4) is 0 Å². The SMILES string of the molecule is CC1(c2ccc3c(c2)C(c2ccccc2)(c2ccccc2)c2ccccc2-3)C=CC(N(c2ccccc2)c2ccccc2-c2cccc3cccc(C4CCCCC4)c23)=CC1. The Hall–Kier alpha value is -6.70. The van der Waals surface area contributed by atoms with Crippen molar-refractivity contribution in [3.05, 3.63) is 251 Å². The zero-order valence-electron chi connectivity index (χ0n) is 35.0. The second kappa shape index (κ2) is 15.4. The Morgan fingerprint density at radius 1 is 0.492 bits per heavy atom. The number of allylic oxidation sites excluding steroid dienone is 3. The van der Waals surface area contributed by atoms with Gasteiger partial charge in [-0.15, -0.1) is 0 Å². The van der Waals surface area contributed by atoms with E-state index in [1.165, 1.54) is 110 Å². The van der Waals surface area contributed by atoms with Crippen LogP contribution < -0.4 is 4.90 Å². The highest BCUT2D eigenvalue weighted by molar-refractivity contribution is 6.03. The number of nitrogens with zero attached hydrogens (tertiary/aromatic N) is 1. The lowest BCUT2D eigenvalue weighted by Crippen LogP contribution is -2.29. The van der Waals surface area contributed by atoms with Crippen LogP contribution in [0.1, 0.15) is 84.7 Å². The Kier molecular flexibility index (Phi) is 9.42. The fraction of sp³-hybridized carbons (Fsp3) is 0.167. The van der Waals surface area contributed by atoms with E-state index in [4.69, 9.17) is 0 Å². The highest BCUT2D eigenvalue weighted by Gasteiger charge is 2.46. The van der Waals surface area contributed by atoms with Crippen molar-refractivity contribution in [1.82, 2.24) is 0 Å². The first kappa shape index (κ1) is 37.3. The minimum atomic E-state index is -0.424. The fourth-order valence-electron chi connectivity index (χ4n) is 11.2. The number of benzene rings is 8. The normalized spacial score (nSPS) is 18.0. The van der Waals surface area contributed by atoms with Crippen molar-refractivity contribution < 1.29 is 0 Å². The predicted molar refractivity (Wildman–Crippen MR) is 257 cm³/mol. The molecule has 1 fully saturated rings. The molecule has 0 N–H and O–H groups in total. The predicted octanol–water partition coefficient (Wildman–Crippen LogP) is 15.9. The molecule has 11 rings (SSSR count). The third-order valence-corrected chi connectivity index (χ3v) is 14.2. The fourth-order valence-corrected chi connectivity index (χ4v) is 11.2. The van der Waals surface area contributed by atoms with Crippen LogP contribution in [0.4, 0.5) is 11.4 Å². The van der Waals surface area contributed by atoms with Gasteiger partial charge in [-0.2, -0.15) is 0 Å². The van der Waals surface area contributed by atoms with Crippen molar-refractivity contribution in [3.8, 4) is 22.3 Å². The first-order valence-electron chi connectivity index (χ1n) is 22.3. The molecule has 1 heteroatoms. The number of anilines is 2. The van der Waals surface area contributed by atoms with Gasteiger partial charge in [0.2, 0.25) is 0 Å². The number of para-hydroxylation sites is 2. The monoisotopic (exact) mass is 785 g/mol. The zero-order chi connectivity index (χ0) is 40.8. The second-order valence-electron chi connectivity index (χ2n) is 17.6. The lowest BCUT2D eigenvalue weighted by atomic mass is 9.66. The molecular weight excluding hydrogens is 735 g/mol. The van der Waals surface area contributed by atoms with Gasteiger partial charge in [-0.25, -0.2) is 0 Å². The molecule has 0 spiro atoms. The summed E-state index contributed by atoms with van der Waals surface area (Å²) < 4.78 is 0. The molecule has 1 saturated carbocycles. The van der Waals surface area contributed by atoms with Gasteiger partial charge in [0, 0.05) is 22.4 Å². The van der Waals surface area contributed by atoms with Gasteiger partial charge in [-0.05, 0) is 110 Å². The molecule has 3 aliphatic rings. The number of hydrogen-bond acceptors (Lipinski definition) is 1. The van der Waals surface area contributed by atoms with E-state index in [0.717, 1.165) is 12.1 Å². The standard InChI is InChI=1S/C60H51N/c1-59(47-36-37-52-51-30-14-16-34-55(51)60(56(52)42-47,45-24-8-3-9-25-45)46-26-10-4-11-27-46)40-38-49(39-41-59)61(48-28-12-5-13-29-48)57-35-17-15-31-53(57)54-33-19-23-44-22-18-32-50(58(44)54)43-20-6-2-7-21-43/h3-5,8-19,22-40,42-43H,2,6-7,20-21,41H2,1H3. The molecule has 0 radical (unpaired) electrons. The zero-order valence-corrected chi connectivity index (χ0v) is 35.0. The quantitative estimate of drug-likeness (QED) is 0.148. The molecular formula is C60H51N. The Balaban J connectivity index is 1.02. The molecule has 1 unspecified atom stereocenters. The Bertz CT molecular complexity index is 2890. The smallest absolute Gasteiger partial charge is 0.0713 e. The molecule has 8 aromatic rings. The van der Waals surface area contributed by atoms with Crippen LogP contribution in [-0.2, 0) is 10.8 Å². The summed E-state index contributed by atoms with van der Waals surface area (Å²) in [5.41, 5.74) is 16.3.